The lowest BCUT2D eigenvalue weighted by Gasteiger charge is -2.30. The normalized spacial score (nSPS) is 17.2. The van der Waals surface area contributed by atoms with Gasteiger partial charge < -0.3 is 15.2 Å². The zero-order chi connectivity index (χ0) is 14.7. The van der Waals surface area contributed by atoms with E-state index in [1.54, 1.807) is 6.07 Å². The van der Waals surface area contributed by atoms with Gasteiger partial charge in [-0.3, -0.25) is 4.79 Å². The maximum Gasteiger partial charge on any atom is 0.270 e. The highest BCUT2D eigenvalue weighted by Gasteiger charge is 2.15. The average molecular weight is 286 g/mol. The van der Waals surface area contributed by atoms with Crippen LogP contribution in [-0.4, -0.2) is 47.0 Å². The molecule has 2 N–H and O–H groups in total. The molecule has 1 aliphatic rings. The van der Waals surface area contributed by atoms with E-state index in [0.29, 0.717) is 12.2 Å². The molecule has 0 aromatic carbocycles. The van der Waals surface area contributed by atoms with E-state index in [9.17, 15) is 4.79 Å². The van der Waals surface area contributed by atoms with Gasteiger partial charge in [-0.1, -0.05) is 6.92 Å². The van der Waals surface area contributed by atoms with Crippen LogP contribution in [-0.2, 0) is 0 Å². The van der Waals surface area contributed by atoms with Crippen molar-refractivity contribution in [3.63, 3.8) is 0 Å². The SMILES string of the molecule is CC1CCN(CCNC(=O)c2ccc3cc[nH]c3n2)CC1. The Labute approximate surface area is 124 Å². The minimum atomic E-state index is -0.100. The minimum absolute atomic E-state index is 0.100. The highest BCUT2D eigenvalue weighted by Crippen LogP contribution is 2.15. The predicted molar refractivity (Wildman–Crippen MR) is 83.3 cm³/mol. The summed E-state index contributed by atoms with van der Waals surface area (Å²) in [5, 5.41) is 3.98. The monoisotopic (exact) mass is 286 g/mol. The summed E-state index contributed by atoms with van der Waals surface area (Å²) in [5.74, 6) is 0.740. The number of hydrogen-bond acceptors (Lipinski definition) is 3. The van der Waals surface area contributed by atoms with Crippen LogP contribution in [0.1, 0.15) is 30.3 Å². The van der Waals surface area contributed by atoms with Gasteiger partial charge in [0.15, 0.2) is 0 Å². The quantitative estimate of drug-likeness (QED) is 0.904. The molecule has 2 aromatic rings. The number of piperidine rings is 1. The standard InChI is InChI=1S/C16H22N4O/c1-12-5-9-20(10-6-12)11-8-18-16(21)14-3-2-13-4-7-17-15(13)19-14/h2-4,7,12H,5-6,8-11H2,1H3,(H,17,19)(H,18,21). The first-order valence-corrected chi connectivity index (χ1v) is 7.67. The molecule has 3 heterocycles. The molecule has 0 spiro atoms. The number of nitrogens with zero attached hydrogens (tertiary/aromatic N) is 2. The van der Waals surface area contributed by atoms with E-state index in [-0.39, 0.29) is 5.91 Å². The van der Waals surface area contributed by atoms with Crippen LogP contribution in [0.4, 0.5) is 0 Å². The molecule has 0 atom stereocenters. The smallest absolute Gasteiger partial charge is 0.270 e. The van der Waals surface area contributed by atoms with Crippen molar-refractivity contribution >= 4 is 16.9 Å². The number of amides is 1. The summed E-state index contributed by atoms with van der Waals surface area (Å²) in [6.07, 6.45) is 4.36. The van der Waals surface area contributed by atoms with E-state index in [0.717, 1.165) is 36.6 Å². The van der Waals surface area contributed by atoms with E-state index < -0.39 is 0 Å². The average Bonchev–Trinajstić information content (AvgIpc) is 2.96. The van der Waals surface area contributed by atoms with Crippen molar-refractivity contribution in [2.75, 3.05) is 26.2 Å². The second kappa shape index (κ2) is 6.26. The summed E-state index contributed by atoms with van der Waals surface area (Å²) in [5.41, 5.74) is 1.23. The molecular formula is C16H22N4O. The topological polar surface area (TPSA) is 61.0 Å². The van der Waals surface area contributed by atoms with Crippen molar-refractivity contribution in [3.05, 3.63) is 30.1 Å². The lowest BCUT2D eigenvalue weighted by molar-refractivity contribution is 0.0940. The summed E-state index contributed by atoms with van der Waals surface area (Å²) in [6.45, 7) is 6.19. The van der Waals surface area contributed by atoms with Crippen LogP contribution in [0, 0.1) is 5.92 Å². The molecule has 0 bridgehead atoms. The van der Waals surface area contributed by atoms with Crippen molar-refractivity contribution in [3.8, 4) is 0 Å². The molecule has 0 saturated carbocycles. The number of H-pyrrole nitrogens is 1. The number of likely N-dealkylation sites (tertiary alicyclic amines) is 1. The Balaban J connectivity index is 1.49. The Kier molecular flexibility index (Phi) is 4.20. The third-order valence-electron chi connectivity index (χ3n) is 4.23. The molecule has 1 saturated heterocycles. The van der Waals surface area contributed by atoms with Gasteiger partial charge >= 0.3 is 0 Å². The number of hydrogen-bond donors (Lipinski definition) is 2. The Morgan fingerprint density at radius 2 is 2.19 bits per heavy atom. The number of carbonyl (C=O) groups is 1. The number of nitrogens with one attached hydrogen (secondary N) is 2. The molecule has 2 aromatic heterocycles. The molecule has 112 valence electrons. The van der Waals surface area contributed by atoms with E-state index >= 15 is 0 Å². The first kappa shape index (κ1) is 14.1. The molecule has 21 heavy (non-hydrogen) atoms. The Morgan fingerprint density at radius 3 is 3.00 bits per heavy atom. The van der Waals surface area contributed by atoms with Gasteiger partial charge in [0.2, 0.25) is 0 Å². The molecule has 3 rings (SSSR count). The third kappa shape index (κ3) is 3.42. The van der Waals surface area contributed by atoms with E-state index in [2.05, 4.69) is 27.1 Å². The second-order valence-electron chi connectivity index (χ2n) is 5.89. The van der Waals surface area contributed by atoms with E-state index in [1.807, 2.05) is 18.3 Å². The molecule has 1 fully saturated rings. The van der Waals surface area contributed by atoms with Gasteiger partial charge in [-0.2, -0.15) is 0 Å². The van der Waals surface area contributed by atoms with Gasteiger partial charge in [0.05, 0.1) is 0 Å². The molecule has 0 unspecified atom stereocenters. The van der Waals surface area contributed by atoms with Crippen molar-refractivity contribution in [1.29, 1.82) is 0 Å². The maximum atomic E-state index is 12.1. The van der Waals surface area contributed by atoms with Crippen molar-refractivity contribution in [1.82, 2.24) is 20.2 Å². The van der Waals surface area contributed by atoms with Crippen LogP contribution in [0.5, 0.6) is 0 Å². The zero-order valence-corrected chi connectivity index (χ0v) is 12.4. The van der Waals surface area contributed by atoms with Crippen LogP contribution < -0.4 is 5.32 Å². The Hall–Kier alpha value is -1.88. The molecule has 1 aliphatic heterocycles. The number of carbonyl (C=O) groups excluding carboxylic acids is 1. The van der Waals surface area contributed by atoms with Gasteiger partial charge in [0, 0.05) is 24.7 Å². The molecule has 5 nitrogen and oxygen atoms in total. The van der Waals surface area contributed by atoms with Gasteiger partial charge in [-0.25, -0.2) is 4.98 Å². The molecule has 0 aliphatic carbocycles. The summed E-state index contributed by atoms with van der Waals surface area (Å²) >= 11 is 0. The lowest BCUT2D eigenvalue weighted by atomic mass is 9.99. The second-order valence-corrected chi connectivity index (χ2v) is 5.89. The number of pyridine rings is 1. The van der Waals surface area contributed by atoms with Gasteiger partial charge in [-0.15, -0.1) is 0 Å². The largest absolute Gasteiger partial charge is 0.349 e. The van der Waals surface area contributed by atoms with Crippen molar-refractivity contribution in [2.24, 2.45) is 5.92 Å². The highest BCUT2D eigenvalue weighted by atomic mass is 16.1. The summed E-state index contributed by atoms with van der Waals surface area (Å²) < 4.78 is 0. The highest BCUT2D eigenvalue weighted by molar-refractivity contribution is 5.94. The molecule has 5 heteroatoms. The fourth-order valence-corrected chi connectivity index (χ4v) is 2.76. The Bertz CT molecular complexity index is 614. The molecule has 1 amide bonds. The number of rotatable bonds is 4. The molecule has 0 radical (unpaired) electrons. The number of aromatic amines is 1. The lowest BCUT2D eigenvalue weighted by Crippen LogP contribution is -2.39. The minimum Gasteiger partial charge on any atom is -0.349 e. The van der Waals surface area contributed by atoms with Crippen LogP contribution >= 0.6 is 0 Å². The van der Waals surface area contributed by atoms with Crippen LogP contribution in [0.15, 0.2) is 24.4 Å². The predicted octanol–water partition coefficient (Wildman–Crippen LogP) is 2.02. The Morgan fingerprint density at radius 1 is 1.38 bits per heavy atom. The first-order chi connectivity index (χ1) is 10.2. The summed E-state index contributed by atoms with van der Waals surface area (Å²) in [4.78, 5) is 21.9. The van der Waals surface area contributed by atoms with Gasteiger partial charge in [0.1, 0.15) is 11.3 Å². The van der Waals surface area contributed by atoms with E-state index in [4.69, 9.17) is 0 Å². The van der Waals surface area contributed by atoms with Gasteiger partial charge in [-0.05, 0) is 50.0 Å². The van der Waals surface area contributed by atoms with Crippen LogP contribution in [0.25, 0.3) is 11.0 Å². The van der Waals surface area contributed by atoms with Crippen molar-refractivity contribution < 1.29 is 4.79 Å². The maximum absolute atomic E-state index is 12.1. The van der Waals surface area contributed by atoms with E-state index in [1.165, 1.54) is 12.8 Å². The van der Waals surface area contributed by atoms with Gasteiger partial charge in [0.25, 0.3) is 5.91 Å². The zero-order valence-electron chi connectivity index (χ0n) is 12.4. The third-order valence-corrected chi connectivity index (χ3v) is 4.23. The van der Waals surface area contributed by atoms with Crippen molar-refractivity contribution in [2.45, 2.75) is 19.8 Å². The number of aromatic nitrogens is 2. The molecular weight excluding hydrogens is 264 g/mol. The number of fused-ring (bicyclic) bond motifs is 1. The first-order valence-electron chi connectivity index (χ1n) is 7.67. The fraction of sp³-hybridized carbons (Fsp3) is 0.500. The summed E-state index contributed by atoms with van der Waals surface area (Å²) in [7, 11) is 0. The van der Waals surface area contributed by atoms with Crippen LogP contribution in [0.3, 0.4) is 0 Å². The van der Waals surface area contributed by atoms with Crippen LogP contribution in [0.2, 0.25) is 0 Å². The summed E-state index contributed by atoms with van der Waals surface area (Å²) in [6, 6.07) is 5.63. The fourth-order valence-electron chi connectivity index (χ4n) is 2.76.